The summed E-state index contributed by atoms with van der Waals surface area (Å²) in [4.78, 5) is 0. The first-order valence-corrected chi connectivity index (χ1v) is 3.35. The molecule has 1 unspecified atom stereocenters. The van der Waals surface area contributed by atoms with Crippen molar-refractivity contribution in [2.24, 2.45) is 5.92 Å². The van der Waals surface area contributed by atoms with Crippen LogP contribution in [0.15, 0.2) is 12.3 Å². The number of nitrogens with one attached hydrogen (secondary N) is 1. The van der Waals surface area contributed by atoms with Gasteiger partial charge in [0.05, 0.1) is 6.04 Å². The van der Waals surface area contributed by atoms with Gasteiger partial charge in [0.25, 0.3) is 0 Å². The van der Waals surface area contributed by atoms with E-state index in [2.05, 4.69) is 6.58 Å². The average Bonchev–Trinajstić information content (AvgIpc) is 1.81. The molecule has 0 radical (unpaired) electrons. The molecule has 0 aromatic carbocycles. The zero-order valence-corrected chi connectivity index (χ0v) is 6.46. The van der Waals surface area contributed by atoms with Gasteiger partial charge in [0.2, 0.25) is 0 Å². The Balaban J connectivity index is 3.72. The predicted octanol–water partition coefficient (Wildman–Crippen LogP) is 1.45. The van der Waals surface area contributed by atoms with Crippen molar-refractivity contribution >= 4 is 0 Å². The van der Waals surface area contributed by atoms with Crippen molar-refractivity contribution in [1.29, 1.82) is 0 Å². The summed E-state index contributed by atoms with van der Waals surface area (Å²) in [6.45, 7) is 7.33. The Labute approximate surface area is 61.3 Å². The molecule has 3 N–H and O–H groups in total. The molecule has 0 rings (SSSR count). The predicted molar refractivity (Wildman–Crippen MR) is 39.9 cm³/mol. The Morgan fingerprint density at radius 2 is 2.10 bits per heavy atom. The van der Waals surface area contributed by atoms with Crippen molar-refractivity contribution in [3.05, 3.63) is 12.3 Å². The quantitative estimate of drug-likeness (QED) is 0.414. The molecule has 1 atom stereocenters. The van der Waals surface area contributed by atoms with E-state index < -0.39 is 0 Å². The molecule has 0 aromatic rings. The molecule has 0 heterocycles. The Bertz CT molecular complexity index is 112. The fourth-order valence-corrected chi connectivity index (χ4v) is 0.735. The standard InChI is InChI=1S/C7H15NO2/c1-5(2)4-7(8-10)6(3)9/h5,7-10H,3-4H2,1-2H3. The van der Waals surface area contributed by atoms with E-state index in [1.54, 1.807) is 0 Å². The lowest BCUT2D eigenvalue weighted by molar-refractivity contribution is 0.110. The highest BCUT2D eigenvalue weighted by Gasteiger charge is 2.11. The van der Waals surface area contributed by atoms with Crippen molar-refractivity contribution in [2.75, 3.05) is 0 Å². The second-order valence-corrected chi connectivity index (χ2v) is 2.80. The Kier molecular flexibility index (Phi) is 4.07. The molecule has 60 valence electrons. The summed E-state index contributed by atoms with van der Waals surface area (Å²) in [5, 5.41) is 17.3. The highest BCUT2D eigenvalue weighted by atomic mass is 16.5. The molecular formula is C7H15NO2. The molecule has 0 aromatic heterocycles. The number of aliphatic hydroxyl groups excluding tert-OH is 1. The molecule has 0 aliphatic heterocycles. The highest BCUT2D eigenvalue weighted by molar-refractivity contribution is 4.92. The minimum atomic E-state index is -0.389. The summed E-state index contributed by atoms with van der Waals surface area (Å²) in [6, 6.07) is -0.389. The maximum Gasteiger partial charge on any atom is 0.104 e. The second-order valence-electron chi connectivity index (χ2n) is 2.80. The van der Waals surface area contributed by atoms with E-state index in [9.17, 15) is 0 Å². The van der Waals surface area contributed by atoms with E-state index in [0.29, 0.717) is 12.3 Å². The first-order valence-electron chi connectivity index (χ1n) is 3.35. The molecule has 3 nitrogen and oxygen atoms in total. The van der Waals surface area contributed by atoms with E-state index >= 15 is 0 Å². The van der Waals surface area contributed by atoms with Crippen molar-refractivity contribution in [1.82, 2.24) is 5.48 Å². The Hall–Kier alpha value is -0.540. The topological polar surface area (TPSA) is 52.5 Å². The van der Waals surface area contributed by atoms with Crippen molar-refractivity contribution in [2.45, 2.75) is 26.3 Å². The van der Waals surface area contributed by atoms with Crippen LogP contribution in [0.2, 0.25) is 0 Å². The van der Waals surface area contributed by atoms with Crippen molar-refractivity contribution < 1.29 is 10.3 Å². The second kappa shape index (κ2) is 4.30. The van der Waals surface area contributed by atoms with Gasteiger partial charge in [-0.1, -0.05) is 20.4 Å². The number of aliphatic hydroxyl groups is 1. The lowest BCUT2D eigenvalue weighted by Gasteiger charge is -2.14. The van der Waals surface area contributed by atoms with E-state index in [1.807, 2.05) is 19.3 Å². The molecule has 0 bridgehead atoms. The summed E-state index contributed by atoms with van der Waals surface area (Å²) in [5.74, 6) is 0.407. The Morgan fingerprint density at radius 3 is 2.20 bits per heavy atom. The van der Waals surface area contributed by atoms with Gasteiger partial charge >= 0.3 is 0 Å². The normalized spacial score (nSPS) is 13.6. The molecule has 0 saturated heterocycles. The van der Waals surface area contributed by atoms with Crippen LogP contribution in [0.4, 0.5) is 0 Å². The molecule has 0 aliphatic carbocycles. The number of hydroxylamine groups is 1. The zero-order valence-electron chi connectivity index (χ0n) is 6.46. The van der Waals surface area contributed by atoms with Crippen LogP contribution in [-0.2, 0) is 0 Å². The third kappa shape index (κ3) is 3.48. The maximum absolute atomic E-state index is 8.84. The summed E-state index contributed by atoms with van der Waals surface area (Å²) in [6.07, 6.45) is 0.686. The highest BCUT2D eigenvalue weighted by Crippen LogP contribution is 2.08. The van der Waals surface area contributed by atoms with Gasteiger partial charge in [-0.2, -0.15) is 5.48 Å². The lowest BCUT2D eigenvalue weighted by atomic mass is 10.0. The fraction of sp³-hybridized carbons (Fsp3) is 0.714. The van der Waals surface area contributed by atoms with Gasteiger partial charge in [0.1, 0.15) is 5.76 Å². The first kappa shape index (κ1) is 9.46. The number of rotatable bonds is 4. The van der Waals surface area contributed by atoms with Crippen LogP contribution < -0.4 is 5.48 Å². The third-order valence-electron chi connectivity index (χ3n) is 1.27. The van der Waals surface area contributed by atoms with Crippen LogP contribution in [0.1, 0.15) is 20.3 Å². The Morgan fingerprint density at radius 1 is 1.60 bits per heavy atom. The average molecular weight is 145 g/mol. The first-order chi connectivity index (χ1) is 4.57. The van der Waals surface area contributed by atoms with Gasteiger partial charge < -0.3 is 10.3 Å². The molecule has 10 heavy (non-hydrogen) atoms. The largest absolute Gasteiger partial charge is 0.511 e. The van der Waals surface area contributed by atoms with Gasteiger partial charge in [-0.25, -0.2) is 0 Å². The van der Waals surface area contributed by atoms with Gasteiger partial charge in [-0.05, 0) is 12.3 Å². The summed E-state index contributed by atoms with van der Waals surface area (Å²) < 4.78 is 0. The van der Waals surface area contributed by atoms with E-state index in [4.69, 9.17) is 10.3 Å². The minimum absolute atomic E-state index is 0.0174. The summed E-state index contributed by atoms with van der Waals surface area (Å²) in [5.41, 5.74) is 1.98. The third-order valence-corrected chi connectivity index (χ3v) is 1.27. The maximum atomic E-state index is 8.84. The van der Waals surface area contributed by atoms with Gasteiger partial charge in [0.15, 0.2) is 0 Å². The SMILES string of the molecule is C=C(O)C(CC(C)C)NO. The molecule has 0 aliphatic rings. The van der Waals surface area contributed by atoms with Gasteiger partial charge in [-0.3, -0.25) is 0 Å². The van der Waals surface area contributed by atoms with Crippen LogP contribution in [0, 0.1) is 5.92 Å². The molecule has 0 saturated carbocycles. The fourth-order valence-electron chi connectivity index (χ4n) is 0.735. The van der Waals surface area contributed by atoms with Crippen LogP contribution in [0.25, 0.3) is 0 Å². The monoisotopic (exact) mass is 145 g/mol. The number of hydrogen-bond donors (Lipinski definition) is 3. The smallest absolute Gasteiger partial charge is 0.104 e. The summed E-state index contributed by atoms with van der Waals surface area (Å²) >= 11 is 0. The van der Waals surface area contributed by atoms with Crippen LogP contribution in [0.3, 0.4) is 0 Å². The van der Waals surface area contributed by atoms with Gasteiger partial charge in [0, 0.05) is 0 Å². The summed E-state index contributed by atoms with van der Waals surface area (Å²) in [7, 11) is 0. The van der Waals surface area contributed by atoms with Crippen LogP contribution >= 0.6 is 0 Å². The number of hydrogen-bond acceptors (Lipinski definition) is 3. The van der Waals surface area contributed by atoms with Crippen molar-refractivity contribution in [3.8, 4) is 0 Å². The van der Waals surface area contributed by atoms with E-state index in [0.717, 1.165) is 0 Å². The van der Waals surface area contributed by atoms with Crippen molar-refractivity contribution in [3.63, 3.8) is 0 Å². The molecular weight excluding hydrogens is 130 g/mol. The zero-order chi connectivity index (χ0) is 8.15. The van der Waals surface area contributed by atoms with E-state index in [1.165, 1.54) is 0 Å². The van der Waals surface area contributed by atoms with Gasteiger partial charge in [-0.15, -0.1) is 0 Å². The molecule has 3 heteroatoms. The lowest BCUT2D eigenvalue weighted by Crippen LogP contribution is -2.28. The molecule has 0 fully saturated rings. The molecule has 0 amide bonds. The van der Waals surface area contributed by atoms with Crippen LogP contribution in [-0.4, -0.2) is 16.4 Å². The van der Waals surface area contributed by atoms with E-state index in [-0.39, 0.29) is 11.8 Å². The van der Waals surface area contributed by atoms with Crippen LogP contribution in [0.5, 0.6) is 0 Å². The minimum Gasteiger partial charge on any atom is -0.511 e. The molecule has 0 spiro atoms.